The second-order valence-corrected chi connectivity index (χ2v) is 5.61. The first kappa shape index (κ1) is 12.9. The number of nitrogens with one attached hydrogen (secondary N) is 2. The summed E-state index contributed by atoms with van der Waals surface area (Å²) in [4.78, 5) is 12.0. The Labute approximate surface area is 108 Å². The number of anilines is 1. The van der Waals surface area contributed by atoms with Gasteiger partial charge in [0.05, 0.1) is 11.4 Å². The number of nitrogens with zero attached hydrogens (tertiary/aromatic N) is 1. The zero-order chi connectivity index (χ0) is 13.3. The number of nitrogens with two attached hydrogens (primary N) is 1. The van der Waals surface area contributed by atoms with Gasteiger partial charge in [0.1, 0.15) is 0 Å². The monoisotopic (exact) mass is 250 g/mol. The van der Waals surface area contributed by atoms with E-state index >= 15 is 0 Å². The Bertz CT molecular complexity index is 434. The Hall–Kier alpha value is -1.52. The third kappa shape index (κ3) is 2.66. The Morgan fingerprint density at radius 2 is 2.17 bits per heavy atom. The fraction of sp³-hybridized carbons (Fsp3) is 0.692. The van der Waals surface area contributed by atoms with Crippen molar-refractivity contribution in [2.24, 2.45) is 11.8 Å². The lowest BCUT2D eigenvalue weighted by Crippen LogP contribution is -2.30. The smallest absolute Gasteiger partial charge is 0.273 e. The van der Waals surface area contributed by atoms with Crippen LogP contribution in [0.3, 0.4) is 0 Å². The van der Waals surface area contributed by atoms with E-state index in [1.165, 1.54) is 0 Å². The molecule has 0 radical (unpaired) electrons. The van der Waals surface area contributed by atoms with Gasteiger partial charge in [-0.15, -0.1) is 0 Å². The van der Waals surface area contributed by atoms with Crippen LogP contribution in [0.1, 0.15) is 55.7 Å². The van der Waals surface area contributed by atoms with Crippen molar-refractivity contribution in [2.75, 3.05) is 12.3 Å². The second kappa shape index (κ2) is 5.00. The van der Waals surface area contributed by atoms with Crippen LogP contribution in [0.4, 0.5) is 5.69 Å². The molecule has 1 aliphatic carbocycles. The zero-order valence-corrected chi connectivity index (χ0v) is 11.3. The Balaban J connectivity index is 1.96. The molecular weight excluding hydrogens is 228 g/mol. The van der Waals surface area contributed by atoms with E-state index in [2.05, 4.69) is 36.3 Å². The van der Waals surface area contributed by atoms with Crippen LogP contribution in [-0.4, -0.2) is 22.6 Å². The van der Waals surface area contributed by atoms with Gasteiger partial charge in [-0.1, -0.05) is 20.8 Å². The lowest BCUT2D eigenvalue weighted by Gasteiger charge is -2.15. The molecule has 0 aromatic carbocycles. The van der Waals surface area contributed by atoms with E-state index in [0.29, 0.717) is 35.7 Å². The highest BCUT2D eigenvalue weighted by molar-refractivity contribution is 5.97. The number of nitrogen functional groups attached to an aromatic ring is 1. The number of aromatic nitrogens is 2. The number of H-pyrrole nitrogens is 1. The van der Waals surface area contributed by atoms with Gasteiger partial charge in [0.15, 0.2) is 5.69 Å². The van der Waals surface area contributed by atoms with Gasteiger partial charge in [-0.2, -0.15) is 5.10 Å². The summed E-state index contributed by atoms with van der Waals surface area (Å²) in [7, 11) is 0. The third-order valence-corrected chi connectivity index (χ3v) is 3.76. The van der Waals surface area contributed by atoms with Crippen molar-refractivity contribution in [3.05, 3.63) is 11.4 Å². The summed E-state index contributed by atoms with van der Waals surface area (Å²) in [5, 5.41) is 9.82. The molecule has 5 heteroatoms. The minimum absolute atomic E-state index is 0.178. The lowest BCUT2D eigenvalue weighted by atomic mass is 9.98. The molecule has 1 amide bonds. The molecule has 1 heterocycles. The second-order valence-electron chi connectivity index (χ2n) is 5.61. The number of carbonyl (C=O) groups is 1. The molecule has 2 rings (SSSR count). The van der Waals surface area contributed by atoms with Crippen LogP contribution in [0.2, 0.25) is 0 Å². The highest BCUT2D eigenvalue weighted by Gasteiger charge is 2.30. The van der Waals surface area contributed by atoms with E-state index < -0.39 is 0 Å². The fourth-order valence-corrected chi connectivity index (χ4v) is 1.79. The molecule has 18 heavy (non-hydrogen) atoms. The van der Waals surface area contributed by atoms with E-state index in [1.54, 1.807) is 0 Å². The molecule has 1 saturated carbocycles. The minimum atomic E-state index is -0.178. The van der Waals surface area contributed by atoms with Crippen LogP contribution in [0.15, 0.2) is 0 Å². The summed E-state index contributed by atoms with van der Waals surface area (Å²) < 4.78 is 0. The van der Waals surface area contributed by atoms with Crippen molar-refractivity contribution >= 4 is 11.6 Å². The highest BCUT2D eigenvalue weighted by Crippen LogP contribution is 2.42. The van der Waals surface area contributed by atoms with E-state index in [9.17, 15) is 4.79 Å². The van der Waals surface area contributed by atoms with Gasteiger partial charge in [-0.3, -0.25) is 9.89 Å². The normalized spacial score (nSPS) is 16.9. The molecular formula is C13H22N4O. The molecule has 100 valence electrons. The topological polar surface area (TPSA) is 83.8 Å². The van der Waals surface area contributed by atoms with Crippen LogP contribution < -0.4 is 11.1 Å². The molecule has 1 aromatic heterocycles. The highest BCUT2D eigenvalue weighted by atomic mass is 16.1. The quantitative estimate of drug-likeness (QED) is 0.746. The maximum absolute atomic E-state index is 12.0. The Kier molecular flexibility index (Phi) is 3.59. The molecule has 1 aliphatic rings. The maximum Gasteiger partial charge on any atom is 0.273 e. The average Bonchev–Trinajstić information content (AvgIpc) is 3.09. The van der Waals surface area contributed by atoms with E-state index in [4.69, 9.17) is 5.73 Å². The first-order chi connectivity index (χ1) is 8.50. The van der Waals surface area contributed by atoms with E-state index in [1.807, 2.05) is 0 Å². The van der Waals surface area contributed by atoms with Crippen LogP contribution >= 0.6 is 0 Å². The summed E-state index contributed by atoms with van der Waals surface area (Å²) in [5.41, 5.74) is 7.75. The number of amides is 1. The number of hydrogen-bond donors (Lipinski definition) is 3. The molecule has 0 bridgehead atoms. The number of rotatable bonds is 5. The van der Waals surface area contributed by atoms with Gasteiger partial charge in [0, 0.05) is 12.5 Å². The maximum atomic E-state index is 12.0. The van der Waals surface area contributed by atoms with E-state index in [-0.39, 0.29) is 5.91 Å². The molecule has 1 atom stereocenters. The van der Waals surface area contributed by atoms with Crippen molar-refractivity contribution < 1.29 is 4.79 Å². The van der Waals surface area contributed by atoms with Gasteiger partial charge < -0.3 is 11.1 Å². The molecule has 1 unspecified atom stereocenters. The predicted molar refractivity (Wildman–Crippen MR) is 71.3 cm³/mol. The first-order valence-corrected chi connectivity index (χ1v) is 6.62. The SMILES string of the molecule is CC(C)C(C)CNC(=O)c1n[nH]c(C2CC2)c1N. The average molecular weight is 250 g/mol. The van der Waals surface area contributed by atoms with Crippen molar-refractivity contribution in [1.29, 1.82) is 0 Å². The third-order valence-electron chi connectivity index (χ3n) is 3.76. The van der Waals surface area contributed by atoms with Crippen LogP contribution in [0.25, 0.3) is 0 Å². The molecule has 0 saturated heterocycles. The molecule has 0 aliphatic heterocycles. The van der Waals surface area contributed by atoms with Crippen molar-refractivity contribution in [1.82, 2.24) is 15.5 Å². The predicted octanol–water partition coefficient (Wildman–Crippen LogP) is 1.89. The molecule has 1 fully saturated rings. The Morgan fingerprint density at radius 3 is 2.72 bits per heavy atom. The van der Waals surface area contributed by atoms with Crippen LogP contribution in [-0.2, 0) is 0 Å². The Morgan fingerprint density at radius 1 is 1.50 bits per heavy atom. The summed E-state index contributed by atoms with van der Waals surface area (Å²) >= 11 is 0. The molecule has 1 aromatic rings. The summed E-state index contributed by atoms with van der Waals surface area (Å²) in [6, 6.07) is 0. The minimum Gasteiger partial charge on any atom is -0.395 e. The zero-order valence-electron chi connectivity index (χ0n) is 11.3. The first-order valence-electron chi connectivity index (χ1n) is 6.62. The largest absolute Gasteiger partial charge is 0.395 e. The van der Waals surface area contributed by atoms with Gasteiger partial charge in [0.25, 0.3) is 5.91 Å². The van der Waals surface area contributed by atoms with Crippen molar-refractivity contribution in [2.45, 2.75) is 39.5 Å². The number of aromatic amines is 1. The summed E-state index contributed by atoms with van der Waals surface area (Å²) in [5.74, 6) is 1.29. The van der Waals surface area contributed by atoms with Crippen molar-refractivity contribution in [3.8, 4) is 0 Å². The lowest BCUT2D eigenvalue weighted by molar-refractivity contribution is 0.0941. The van der Waals surface area contributed by atoms with Gasteiger partial charge in [-0.05, 0) is 24.7 Å². The van der Waals surface area contributed by atoms with Gasteiger partial charge in [-0.25, -0.2) is 0 Å². The van der Waals surface area contributed by atoms with Gasteiger partial charge in [0.2, 0.25) is 0 Å². The molecule has 0 spiro atoms. The van der Waals surface area contributed by atoms with Gasteiger partial charge >= 0.3 is 0 Å². The van der Waals surface area contributed by atoms with Crippen LogP contribution in [0.5, 0.6) is 0 Å². The van der Waals surface area contributed by atoms with E-state index in [0.717, 1.165) is 18.5 Å². The summed E-state index contributed by atoms with van der Waals surface area (Å²) in [6.07, 6.45) is 2.27. The summed E-state index contributed by atoms with van der Waals surface area (Å²) in [6.45, 7) is 7.06. The van der Waals surface area contributed by atoms with Crippen LogP contribution in [0, 0.1) is 11.8 Å². The number of hydrogen-bond acceptors (Lipinski definition) is 3. The standard InChI is InChI=1S/C13H22N4O/c1-7(2)8(3)6-15-13(18)12-10(14)11(16-17-12)9-4-5-9/h7-9H,4-6,14H2,1-3H3,(H,15,18)(H,16,17). The molecule has 4 N–H and O–H groups in total. The van der Waals surface area contributed by atoms with Crippen molar-refractivity contribution in [3.63, 3.8) is 0 Å². The number of carbonyl (C=O) groups excluding carboxylic acids is 1. The fourth-order valence-electron chi connectivity index (χ4n) is 1.79. The molecule has 5 nitrogen and oxygen atoms in total.